The van der Waals surface area contributed by atoms with Gasteiger partial charge in [0.05, 0.1) is 0 Å². The lowest BCUT2D eigenvalue weighted by Crippen LogP contribution is -2.50. The normalized spacial score (nSPS) is 30.3. The van der Waals surface area contributed by atoms with Crippen molar-refractivity contribution in [3.8, 4) is 0 Å². The molecule has 2 unspecified atom stereocenters. The van der Waals surface area contributed by atoms with Crippen molar-refractivity contribution in [1.82, 2.24) is 14.8 Å². The minimum atomic E-state index is -3.28. The summed E-state index contributed by atoms with van der Waals surface area (Å²) in [6.07, 6.45) is 0.897. The zero-order valence-corrected chi connectivity index (χ0v) is 8.82. The van der Waals surface area contributed by atoms with Gasteiger partial charge in [-0.05, 0) is 18.9 Å². The first-order chi connectivity index (χ1) is 6.03. The summed E-state index contributed by atoms with van der Waals surface area (Å²) in [5, 5.41) is 3.18. The van der Waals surface area contributed by atoms with Gasteiger partial charge in [-0.15, -0.1) is 0 Å². The van der Waals surface area contributed by atoms with Crippen LogP contribution in [-0.2, 0) is 10.2 Å². The molecule has 6 heteroatoms. The molecule has 3 N–H and O–H groups in total. The van der Waals surface area contributed by atoms with Crippen molar-refractivity contribution in [1.29, 1.82) is 0 Å². The lowest BCUT2D eigenvalue weighted by atomic mass is 9.99. The van der Waals surface area contributed by atoms with E-state index in [0.717, 1.165) is 13.0 Å². The minimum absolute atomic E-state index is 0.0150. The number of nitrogens with one attached hydrogen (secondary N) is 3. The van der Waals surface area contributed by atoms with E-state index < -0.39 is 10.2 Å². The van der Waals surface area contributed by atoms with Gasteiger partial charge in [0.1, 0.15) is 0 Å². The summed E-state index contributed by atoms with van der Waals surface area (Å²) < 4.78 is 27.1. The highest BCUT2D eigenvalue weighted by molar-refractivity contribution is 7.87. The predicted octanol–water partition coefficient (Wildman–Crippen LogP) is -0.962. The molecule has 0 aromatic rings. The van der Waals surface area contributed by atoms with Crippen LogP contribution in [0, 0.1) is 5.92 Å². The minimum Gasteiger partial charge on any atom is -0.315 e. The van der Waals surface area contributed by atoms with Crippen LogP contribution in [0.1, 0.15) is 13.3 Å². The van der Waals surface area contributed by atoms with Gasteiger partial charge in [-0.25, -0.2) is 4.72 Å². The van der Waals surface area contributed by atoms with Gasteiger partial charge in [0.2, 0.25) is 0 Å². The third-order valence-corrected chi connectivity index (χ3v) is 3.34. The van der Waals surface area contributed by atoms with Gasteiger partial charge >= 0.3 is 0 Å². The van der Waals surface area contributed by atoms with Crippen LogP contribution in [-0.4, -0.2) is 34.6 Å². The van der Waals surface area contributed by atoms with Gasteiger partial charge in [0.15, 0.2) is 0 Å². The maximum absolute atomic E-state index is 11.1. The van der Waals surface area contributed by atoms with Crippen LogP contribution in [0.25, 0.3) is 0 Å². The predicted molar refractivity (Wildman–Crippen MR) is 51.6 cm³/mol. The van der Waals surface area contributed by atoms with Crippen LogP contribution in [0.2, 0.25) is 0 Å². The lowest BCUT2D eigenvalue weighted by molar-refractivity contribution is 0.345. The van der Waals surface area contributed by atoms with Crippen molar-refractivity contribution in [2.45, 2.75) is 19.4 Å². The van der Waals surface area contributed by atoms with Crippen LogP contribution in [0.15, 0.2) is 0 Å². The molecule has 0 amide bonds. The van der Waals surface area contributed by atoms with Crippen LogP contribution < -0.4 is 14.8 Å². The van der Waals surface area contributed by atoms with Crippen molar-refractivity contribution in [2.75, 3.05) is 20.1 Å². The molecule has 0 aromatic heterocycles. The van der Waals surface area contributed by atoms with Gasteiger partial charge in [0.25, 0.3) is 10.2 Å². The van der Waals surface area contributed by atoms with Crippen molar-refractivity contribution in [3.05, 3.63) is 0 Å². The second kappa shape index (κ2) is 4.36. The highest BCUT2D eigenvalue weighted by Gasteiger charge is 2.21. The molecular formula is C7H17N3O2S. The van der Waals surface area contributed by atoms with Crippen molar-refractivity contribution in [3.63, 3.8) is 0 Å². The Hall–Kier alpha value is -0.170. The fourth-order valence-electron chi connectivity index (χ4n) is 1.52. The molecule has 0 radical (unpaired) electrons. The van der Waals surface area contributed by atoms with Gasteiger partial charge in [-0.1, -0.05) is 6.92 Å². The van der Waals surface area contributed by atoms with Gasteiger partial charge in [-0.3, -0.25) is 0 Å². The zero-order valence-electron chi connectivity index (χ0n) is 8.00. The summed E-state index contributed by atoms with van der Waals surface area (Å²) in [7, 11) is -1.88. The van der Waals surface area contributed by atoms with Crippen molar-refractivity contribution >= 4 is 10.2 Å². The highest BCUT2D eigenvalue weighted by Crippen LogP contribution is 2.09. The van der Waals surface area contributed by atoms with Crippen molar-refractivity contribution < 1.29 is 8.42 Å². The average Bonchev–Trinajstić information content (AvgIpc) is 2.03. The molecule has 78 valence electrons. The van der Waals surface area contributed by atoms with Gasteiger partial charge in [-0.2, -0.15) is 13.1 Å². The summed E-state index contributed by atoms with van der Waals surface area (Å²) in [5.74, 6) is 0.526. The first-order valence-electron chi connectivity index (χ1n) is 4.45. The smallest absolute Gasteiger partial charge is 0.276 e. The van der Waals surface area contributed by atoms with E-state index in [2.05, 4.69) is 21.7 Å². The Morgan fingerprint density at radius 3 is 2.62 bits per heavy atom. The van der Waals surface area contributed by atoms with Crippen LogP contribution in [0.5, 0.6) is 0 Å². The number of piperidine rings is 1. The molecular weight excluding hydrogens is 190 g/mol. The molecule has 0 aromatic carbocycles. The first kappa shape index (κ1) is 10.9. The topological polar surface area (TPSA) is 70.2 Å². The Morgan fingerprint density at radius 1 is 1.38 bits per heavy atom. The third kappa shape index (κ3) is 3.60. The van der Waals surface area contributed by atoms with E-state index in [4.69, 9.17) is 0 Å². The molecule has 13 heavy (non-hydrogen) atoms. The van der Waals surface area contributed by atoms with E-state index in [1.165, 1.54) is 7.05 Å². The van der Waals surface area contributed by atoms with E-state index in [9.17, 15) is 8.42 Å². The second-order valence-corrected chi connectivity index (χ2v) is 5.17. The molecule has 0 spiro atoms. The largest absolute Gasteiger partial charge is 0.315 e. The molecule has 0 bridgehead atoms. The molecule has 0 aliphatic carbocycles. The second-order valence-electron chi connectivity index (χ2n) is 3.52. The Bertz CT molecular complexity index is 252. The van der Waals surface area contributed by atoms with Crippen LogP contribution >= 0.6 is 0 Å². The van der Waals surface area contributed by atoms with E-state index >= 15 is 0 Å². The maximum Gasteiger partial charge on any atom is 0.276 e. The van der Waals surface area contributed by atoms with Gasteiger partial charge in [0, 0.05) is 19.6 Å². The zero-order chi connectivity index (χ0) is 9.90. The quantitative estimate of drug-likeness (QED) is 0.558. The molecule has 0 saturated carbocycles. The molecule has 1 fully saturated rings. The van der Waals surface area contributed by atoms with E-state index in [1.54, 1.807) is 0 Å². The van der Waals surface area contributed by atoms with Crippen LogP contribution in [0.3, 0.4) is 0 Å². The fraction of sp³-hybridized carbons (Fsp3) is 1.00. The number of hydrogen-bond donors (Lipinski definition) is 3. The van der Waals surface area contributed by atoms with Gasteiger partial charge < -0.3 is 5.32 Å². The molecule has 5 nitrogen and oxygen atoms in total. The molecule has 2 atom stereocenters. The molecule has 1 saturated heterocycles. The first-order valence-corrected chi connectivity index (χ1v) is 5.93. The highest BCUT2D eigenvalue weighted by atomic mass is 32.2. The SMILES string of the molecule is CNS(=O)(=O)NC1CNCC(C)C1. The average molecular weight is 207 g/mol. The fourth-order valence-corrected chi connectivity index (χ4v) is 2.26. The molecule has 1 rings (SSSR count). The number of hydrogen-bond acceptors (Lipinski definition) is 3. The summed E-state index contributed by atoms with van der Waals surface area (Å²) in [6, 6.07) is 0.0150. The van der Waals surface area contributed by atoms with Crippen LogP contribution in [0.4, 0.5) is 0 Å². The summed E-state index contributed by atoms with van der Waals surface area (Å²) in [6.45, 7) is 3.79. The Kier molecular flexibility index (Phi) is 3.66. The Morgan fingerprint density at radius 2 is 2.08 bits per heavy atom. The Balaban J connectivity index is 2.45. The van der Waals surface area contributed by atoms with E-state index in [1.807, 2.05) is 0 Å². The monoisotopic (exact) mass is 207 g/mol. The molecule has 1 aliphatic rings. The van der Waals surface area contributed by atoms with E-state index in [-0.39, 0.29) is 6.04 Å². The van der Waals surface area contributed by atoms with E-state index in [0.29, 0.717) is 12.5 Å². The summed E-state index contributed by atoms with van der Waals surface area (Å²) >= 11 is 0. The number of rotatable bonds is 3. The van der Waals surface area contributed by atoms with Crippen molar-refractivity contribution in [2.24, 2.45) is 5.92 Å². The summed E-state index contributed by atoms with van der Waals surface area (Å²) in [4.78, 5) is 0. The lowest BCUT2D eigenvalue weighted by Gasteiger charge is -2.27. The maximum atomic E-state index is 11.1. The molecule has 1 heterocycles. The summed E-state index contributed by atoms with van der Waals surface area (Å²) in [5.41, 5.74) is 0. The standard InChI is InChI=1S/C7H17N3O2S/c1-6-3-7(5-9-4-6)10-13(11,12)8-2/h6-10H,3-5H2,1-2H3. The third-order valence-electron chi connectivity index (χ3n) is 2.16. The molecule has 1 aliphatic heterocycles. The Labute approximate surface area is 79.5 Å².